The molecule has 126 valence electrons. The van der Waals surface area contributed by atoms with Gasteiger partial charge in [0.15, 0.2) is 0 Å². The second-order valence-electron chi connectivity index (χ2n) is 5.26. The molecule has 1 aromatic carbocycles. The Morgan fingerprint density at radius 3 is 2.17 bits per heavy atom. The number of aryl methyl sites for hydroxylation is 1. The van der Waals surface area contributed by atoms with Gasteiger partial charge in [0.25, 0.3) is 11.8 Å². The molecule has 0 aliphatic heterocycles. The fourth-order valence-corrected chi connectivity index (χ4v) is 2.06. The summed E-state index contributed by atoms with van der Waals surface area (Å²) in [6, 6.07) is 5.37. The first-order valence-corrected chi connectivity index (χ1v) is 7.24. The highest BCUT2D eigenvalue weighted by atomic mass is 16.5. The number of nitrogens with zero attached hydrogens (tertiary/aromatic N) is 2. The third kappa shape index (κ3) is 4.12. The number of hydrogen-bond acceptors (Lipinski definition) is 6. The molecule has 2 aromatic rings. The number of rotatable bonds is 5. The number of aliphatic hydroxyl groups is 1. The van der Waals surface area contributed by atoms with Crippen molar-refractivity contribution < 1.29 is 19.9 Å². The van der Waals surface area contributed by atoms with Crippen LogP contribution in [0.3, 0.4) is 0 Å². The van der Waals surface area contributed by atoms with Crippen LogP contribution in [0.1, 0.15) is 23.1 Å². The number of hydrogen-bond donors (Lipinski definition) is 4. The van der Waals surface area contributed by atoms with Gasteiger partial charge in [-0.1, -0.05) is 12.1 Å². The van der Waals surface area contributed by atoms with Crippen LogP contribution in [0.15, 0.2) is 36.7 Å². The van der Waals surface area contributed by atoms with Crippen molar-refractivity contribution >= 4 is 11.8 Å². The molecule has 0 aliphatic carbocycles. The van der Waals surface area contributed by atoms with E-state index in [1.807, 2.05) is 0 Å². The number of aromatic nitrogens is 2. The molecule has 1 heterocycles. The number of carbonyl (C=O) groups excluding carboxylic acids is 2. The second kappa shape index (κ2) is 7.62. The molecule has 4 N–H and O–H groups in total. The Balaban J connectivity index is 2.13. The predicted octanol–water partition coefficient (Wildman–Crippen LogP) is 0.437. The highest BCUT2D eigenvalue weighted by molar-refractivity contribution is 5.97. The summed E-state index contributed by atoms with van der Waals surface area (Å²) in [5.41, 5.74) is 3.37. The second-order valence-corrected chi connectivity index (χ2v) is 5.26. The average Bonchev–Trinajstić information content (AvgIpc) is 2.59. The monoisotopic (exact) mass is 330 g/mol. The smallest absolute Gasteiger partial charge is 0.268 e. The SMILES string of the molecule is Cc1ncc(-c2ccc(C(=O)N[C@H](C(=O)NO)[C@@H](C)O)cc2)cn1. The van der Waals surface area contributed by atoms with Gasteiger partial charge in [0.05, 0.1) is 6.10 Å². The number of benzene rings is 1. The molecule has 2 atom stereocenters. The molecule has 0 spiro atoms. The van der Waals surface area contributed by atoms with Crippen molar-refractivity contribution in [2.24, 2.45) is 0 Å². The maximum Gasteiger partial charge on any atom is 0.268 e. The lowest BCUT2D eigenvalue weighted by atomic mass is 10.1. The van der Waals surface area contributed by atoms with Crippen LogP contribution < -0.4 is 10.8 Å². The molecule has 0 saturated heterocycles. The van der Waals surface area contributed by atoms with E-state index in [0.29, 0.717) is 11.4 Å². The van der Waals surface area contributed by atoms with E-state index in [4.69, 9.17) is 5.21 Å². The molecule has 0 bridgehead atoms. The van der Waals surface area contributed by atoms with Crippen LogP contribution in [0.25, 0.3) is 11.1 Å². The highest BCUT2D eigenvalue weighted by Gasteiger charge is 2.25. The Labute approximate surface area is 138 Å². The third-order valence-electron chi connectivity index (χ3n) is 3.42. The van der Waals surface area contributed by atoms with Gasteiger partial charge in [-0.25, -0.2) is 15.4 Å². The zero-order chi connectivity index (χ0) is 17.7. The summed E-state index contributed by atoms with van der Waals surface area (Å²) in [4.78, 5) is 31.8. The zero-order valence-corrected chi connectivity index (χ0v) is 13.2. The molecule has 0 aliphatic rings. The van der Waals surface area contributed by atoms with Crippen molar-refractivity contribution in [1.29, 1.82) is 0 Å². The van der Waals surface area contributed by atoms with Crippen LogP contribution in [0, 0.1) is 6.92 Å². The van der Waals surface area contributed by atoms with Gasteiger partial charge in [-0.3, -0.25) is 14.8 Å². The average molecular weight is 330 g/mol. The summed E-state index contributed by atoms with van der Waals surface area (Å²) in [6.45, 7) is 3.12. The van der Waals surface area contributed by atoms with Crippen LogP contribution in [-0.2, 0) is 4.79 Å². The van der Waals surface area contributed by atoms with Gasteiger partial charge in [0.2, 0.25) is 0 Å². The summed E-state index contributed by atoms with van der Waals surface area (Å²) in [5, 5.41) is 20.5. The van der Waals surface area contributed by atoms with Crippen molar-refractivity contribution in [2.45, 2.75) is 26.0 Å². The molecule has 2 amide bonds. The third-order valence-corrected chi connectivity index (χ3v) is 3.42. The van der Waals surface area contributed by atoms with Crippen molar-refractivity contribution in [2.75, 3.05) is 0 Å². The van der Waals surface area contributed by atoms with E-state index in [1.54, 1.807) is 43.6 Å². The van der Waals surface area contributed by atoms with E-state index in [2.05, 4.69) is 15.3 Å². The molecular weight excluding hydrogens is 312 g/mol. The maximum atomic E-state index is 12.2. The Bertz CT molecular complexity index is 714. The van der Waals surface area contributed by atoms with E-state index in [1.165, 1.54) is 12.4 Å². The van der Waals surface area contributed by atoms with E-state index in [-0.39, 0.29) is 0 Å². The molecule has 0 unspecified atom stereocenters. The molecular formula is C16H18N4O4. The van der Waals surface area contributed by atoms with Gasteiger partial charge in [-0.15, -0.1) is 0 Å². The first kappa shape index (κ1) is 17.5. The molecule has 8 heteroatoms. The van der Waals surface area contributed by atoms with Gasteiger partial charge >= 0.3 is 0 Å². The van der Waals surface area contributed by atoms with Crippen LogP contribution in [0.2, 0.25) is 0 Å². The molecule has 2 rings (SSSR count). The summed E-state index contributed by atoms with van der Waals surface area (Å²) in [6.07, 6.45) is 2.21. The Kier molecular flexibility index (Phi) is 5.56. The standard InChI is InChI=1S/C16H18N4O4/c1-9(21)14(16(23)20-24)19-15(22)12-5-3-11(4-6-12)13-7-17-10(2)18-8-13/h3-9,14,21,24H,1-2H3,(H,19,22)(H,20,23)/t9-,14+/m1/s1. The number of hydroxylamine groups is 1. The summed E-state index contributed by atoms with van der Waals surface area (Å²) in [7, 11) is 0. The largest absolute Gasteiger partial charge is 0.391 e. The van der Waals surface area contributed by atoms with Gasteiger partial charge in [0.1, 0.15) is 11.9 Å². The normalized spacial score (nSPS) is 13.0. The minimum absolute atomic E-state index is 0.308. The lowest BCUT2D eigenvalue weighted by Crippen LogP contribution is -2.51. The van der Waals surface area contributed by atoms with E-state index in [9.17, 15) is 14.7 Å². The lowest BCUT2D eigenvalue weighted by Gasteiger charge is -2.19. The zero-order valence-electron chi connectivity index (χ0n) is 13.2. The number of amides is 2. The van der Waals surface area contributed by atoms with Gasteiger partial charge in [-0.05, 0) is 31.5 Å². The minimum Gasteiger partial charge on any atom is -0.391 e. The number of aliphatic hydroxyl groups excluding tert-OH is 1. The van der Waals surface area contributed by atoms with Gasteiger partial charge in [-0.2, -0.15) is 0 Å². The summed E-state index contributed by atoms with van der Waals surface area (Å²) < 4.78 is 0. The van der Waals surface area contributed by atoms with E-state index >= 15 is 0 Å². The molecule has 8 nitrogen and oxygen atoms in total. The van der Waals surface area contributed by atoms with Crippen LogP contribution in [0.4, 0.5) is 0 Å². The Morgan fingerprint density at radius 2 is 1.67 bits per heavy atom. The quantitative estimate of drug-likeness (QED) is 0.466. The number of nitrogens with one attached hydrogen (secondary N) is 2. The minimum atomic E-state index is -1.26. The Hall–Kier alpha value is -2.84. The Morgan fingerprint density at radius 1 is 1.08 bits per heavy atom. The molecule has 0 radical (unpaired) electrons. The molecule has 24 heavy (non-hydrogen) atoms. The van der Waals surface area contributed by atoms with Crippen molar-refractivity contribution in [3.63, 3.8) is 0 Å². The number of carbonyl (C=O) groups is 2. The topological polar surface area (TPSA) is 124 Å². The maximum absolute atomic E-state index is 12.2. The van der Waals surface area contributed by atoms with Crippen LogP contribution >= 0.6 is 0 Å². The van der Waals surface area contributed by atoms with Crippen molar-refractivity contribution in [1.82, 2.24) is 20.8 Å². The summed E-state index contributed by atoms with van der Waals surface area (Å²) in [5.74, 6) is -0.774. The van der Waals surface area contributed by atoms with Gasteiger partial charge < -0.3 is 10.4 Å². The van der Waals surface area contributed by atoms with Gasteiger partial charge in [0, 0.05) is 23.5 Å². The van der Waals surface area contributed by atoms with Crippen LogP contribution in [-0.4, -0.2) is 44.2 Å². The fraction of sp³-hybridized carbons (Fsp3) is 0.250. The highest BCUT2D eigenvalue weighted by Crippen LogP contribution is 2.18. The lowest BCUT2D eigenvalue weighted by molar-refractivity contribution is -0.133. The van der Waals surface area contributed by atoms with E-state index in [0.717, 1.165) is 11.1 Å². The first-order valence-electron chi connectivity index (χ1n) is 7.24. The predicted molar refractivity (Wildman–Crippen MR) is 85.1 cm³/mol. The van der Waals surface area contributed by atoms with Crippen LogP contribution in [0.5, 0.6) is 0 Å². The fourth-order valence-electron chi connectivity index (χ4n) is 2.06. The molecule has 0 saturated carbocycles. The van der Waals surface area contributed by atoms with Crippen molar-refractivity contribution in [3.05, 3.63) is 48.0 Å². The van der Waals surface area contributed by atoms with E-state index < -0.39 is 24.0 Å². The summed E-state index contributed by atoms with van der Waals surface area (Å²) >= 11 is 0. The first-order chi connectivity index (χ1) is 11.4. The molecule has 0 fully saturated rings. The van der Waals surface area contributed by atoms with Crippen molar-refractivity contribution in [3.8, 4) is 11.1 Å². The molecule has 1 aromatic heterocycles.